The van der Waals surface area contributed by atoms with Crippen LogP contribution in [-0.4, -0.2) is 4.73 Å². The minimum Gasteiger partial charge on any atom is -0.103 e. The zero-order valence-corrected chi connectivity index (χ0v) is 26.6. The fraction of sp³-hybridized carbons (Fsp3) is 0.629. The van der Waals surface area contributed by atoms with Gasteiger partial charge >= 0.3 is 66.5 Å². The molecule has 0 aliphatic carbocycles. The Hall–Kier alpha value is -1.11. The number of hydrogen-bond donors (Lipinski definition) is 0. The Kier molecular flexibility index (Phi) is 37.1. The summed E-state index contributed by atoms with van der Waals surface area (Å²) in [6, 6.07) is 10.3. The summed E-state index contributed by atoms with van der Waals surface area (Å²) >= 11 is 2.50. The summed E-state index contributed by atoms with van der Waals surface area (Å²) < 4.78 is 2.15. The molecule has 0 aliphatic rings. The van der Waals surface area contributed by atoms with Crippen LogP contribution in [0.25, 0.3) is 0 Å². The number of aryl methyl sites for hydroxylation is 1. The van der Waals surface area contributed by atoms with Gasteiger partial charge in [-0.2, -0.15) is 0 Å². The molecule has 0 bridgehead atoms. The predicted octanol–water partition coefficient (Wildman–Crippen LogP) is 11.9. The van der Waals surface area contributed by atoms with Gasteiger partial charge in [0, 0.05) is 0 Å². The Labute approximate surface area is 237 Å². The first-order valence-electron chi connectivity index (χ1n) is 14.8. The van der Waals surface area contributed by atoms with Crippen LogP contribution in [0.5, 0.6) is 0 Å². The average Bonchev–Trinajstić information content (AvgIpc) is 2.90. The molecule has 0 spiro atoms. The van der Waals surface area contributed by atoms with Gasteiger partial charge in [-0.1, -0.05) is 108 Å². The van der Waals surface area contributed by atoms with E-state index >= 15 is 0 Å². The summed E-state index contributed by atoms with van der Waals surface area (Å²) in [6.45, 7) is 24.6. The predicted molar refractivity (Wildman–Crippen MR) is 167 cm³/mol. The van der Waals surface area contributed by atoms with Gasteiger partial charge in [0.05, 0.1) is 0 Å². The van der Waals surface area contributed by atoms with Crippen molar-refractivity contribution >= 4 is 4.73 Å². The molecule has 1 heteroatoms. The third-order valence-electron chi connectivity index (χ3n) is 6.34. The van der Waals surface area contributed by atoms with Crippen LogP contribution in [0.3, 0.4) is 0 Å². The molecular weight excluding hydrogens is 471 g/mol. The van der Waals surface area contributed by atoms with Crippen LogP contribution in [0.15, 0.2) is 68.3 Å². The van der Waals surface area contributed by atoms with E-state index in [2.05, 4.69) is 107 Å². The monoisotopic (exact) mass is 533 g/mol. The van der Waals surface area contributed by atoms with Crippen LogP contribution in [0, 0.1) is 24.7 Å². The third-order valence-corrected chi connectivity index (χ3v) is 6.74. The van der Waals surface area contributed by atoms with Crippen molar-refractivity contribution in [3.05, 3.63) is 73.9 Å². The minimum atomic E-state index is 0.727. The molecule has 3 atom stereocenters. The molecule has 0 aromatic heterocycles. The van der Waals surface area contributed by atoms with Gasteiger partial charge in [0.1, 0.15) is 0 Å². The van der Waals surface area contributed by atoms with Crippen molar-refractivity contribution in [1.29, 1.82) is 0 Å². The molecule has 1 aromatic carbocycles. The van der Waals surface area contributed by atoms with E-state index in [0.717, 1.165) is 17.8 Å². The Balaban J connectivity index is -0.000000475. The molecule has 1 aromatic rings. The molecule has 0 aliphatic heterocycles. The van der Waals surface area contributed by atoms with Gasteiger partial charge in [0.25, 0.3) is 0 Å². The Bertz CT molecular complexity index is 574. The van der Waals surface area contributed by atoms with Crippen LogP contribution >= 0.6 is 0 Å². The third kappa shape index (κ3) is 30.9. The summed E-state index contributed by atoms with van der Waals surface area (Å²) in [5.41, 5.74) is 1.32. The van der Waals surface area contributed by atoms with Crippen LogP contribution in [0.1, 0.15) is 124 Å². The summed E-state index contributed by atoms with van der Waals surface area (Å²) in [5, 5.41) is 0. The van der Waals surface area contributed by atoms with Gasteiger partial charge in [0.15, 0.2) is 0 Å². The standard InChI is InChI=1S/C17H32.C8H14.C7H8.C3H8.V/c1-5-9-11-12-14-17(8-4)15-16(7-3)13-10-6-2;1-4-7-8(5-2)6-3;1-7-5-3-2-4-6-7;1-3-2;/h5-6,16-17H,1-2,7-15H2,3-4H3;1,5,8H,2,4,6-7H2,3H3;2-6H,1H3;3H2,1-2H3;. The van der Waals surface area contributed by atoms with E-state index < -0.39 is 0 Å². The molecule has 207 valence electrons. The molecule has 0 saturated carbocycles. The maximum Gasteiger partial charge on any atom is -0.0351 e. The number of benzene rings is 1. The molecule has 36 heavy (non-hydrogen) atoms. The first-order valence-corrected chi connectivity index (χ1v) is 15.6. The molecule has 0 radical (unpaired) electrons. The fourth-order valence-corrected chi connectivity index (χ4v) is 4.07. The zero-order chi connectivity index (χ0) is 27.9. The van der Waals surface area contributed by atoms with Crippen molar-refractivity contribution in [2.45, 2.75) is 125 Å². The molecular formula is C35H62V. The van der Waals surface area contributed by atoms with Crippen LogP contribution in [-0.2, 0) is 17.0 Å². The van der Waals surface area contributed by atoms with Crippen molar-refractivity contribution < 1.29 is 17.0 Å². The maximum atomic E-state index is 3.83. The first kappa shape index (κ1) is 39.4. The average molecular weight is 534 g/mol. The first-order chi connectivity index (χ1) is 17.4. The molecule has 0 fully saturated rings. The second-order valence-electron chi connectivity index (χ2n) is 9.75. The SMILES string of the molecule is C=CC(CC)CC[CH]=[V].C=CCCCCC(CC)CC(CC)CCC=C.CCC.Cc1ccccc1. The second kappa shape index (κ2) is 33.9. The summed E-state index contributed by atoms with van der Waals surface area (Å²) in [5.74, 6) is 2.58. The van der Waals surface area contributed by atoms with E-state index in [1.807, 2.05) is 24.3 Å². The van der Waals surface area contributed by atoms with Crippen molar-refractivity contribution in [2.75, 3.05) is 0 Å². The van der Waals surface area contributed by atoms with Crippen molar-refractivity contribution in [1.82, 2.24) is 0 Å². The largest absolute Gasteiger partial charge is 0.103 e. The quantitative estimate of drug-likeness (QED) is 0.138. The molecule has 0 N–H and O–H groups in total. The van der Waals surface area contributed by atoms with Gasteiger partial charge in [-0.25, -0.2) is 0 Å². The normalized spacial score (nSPS) is 12.0. The summed E-state index contributed by atoms with van der Waals surface area (Å²) in [6.07, 6.45) is 23.0. The molecule has 3 unspecified atom stereocenters. The second-order valence-corrected chi connectivity index (χ2v) is 10.3. The van der Waals surface area contributed by atoms with E-state index in [0.29, 0.717) is 0 Å². The van der Waals surface area contributed by atoms with Crippen LogP contribution < -0.4 is 0 Å². The van der Waals surface area contributed by atoms with Crippen molar-refractivity contribution in [3.8, 4) is 0 Å². The fourth-order valence-electron chi connectivity index (χ4n) is 3.84. The molecule has 0 saturated heterocycles. The minimum absolute atomic E-state index is 0.727. The topological polar surface area (TPSA) is 0 Å². The van der Waals surface area contributed by atoms with Gasteiger partial charge in [-0.05, 0) is 50.9 Å². The molecule has 0 nitrogen and oxygen atoms in total. The summed E-state index contributed by atoms with van der Waals surface area (Å²) in [7, 11) is 0. The van der Waals surface area contributed by atoms with E-state index in [1.54, 1.807) is 0 Å². The molecule has 0 amide bonds. The van der Waals surface area contributed by atoms with E-state index in [4.69, 9.17) is 0 Å². The van der Waals surface area contributed by atoms with E-state index in [-0.39, 0.29) is 0 Å². The Morgan fingerprint density at radius 3 is 1.67 bits per heavy atom. The number of unbranched alkanes of at least 4 members (excludes halogenated alkanes) is 2. The van der Waals surface area contributed by atoms with E-state index in [9.17, 15) is 0 Å². The van der Waals surface area contributed by atoms with Gasteiger partial charge in [-0.3, -0.25) is 0 Å². The summed E-state index contributed by atoms with van der Waals surface area (Å²) in [4.78, 5) is 0. The van der Waals surface area contributed by atoms with E-state index in [1.165, 1.54) is 89.0 Å². The number of hydrogen-bond acceptors (Lipinski definition) is 0. The van der Waals surface area contributed by atoms with Crippen molar-refractivity contribution in [2.24, 2.45) is 17.8 Å². The van der Waals surface area contributed by atoms with Crippen LogP contribution in [0.2, 0.25) is 0 Å². The van der Waals surface area contributed by atoms with Crippen LogP contribution in [0.4, 0.5) is 0 Å². The van der Waals surface area contributed by atoms with Gasteiger partial charge < -0.3 is 0 Å². The Morgan fingerprint density at radius 1 is 0.722 bits per heavy atom. The number of allylic oxidation sites excluding steroid dienone is 3. The van der Waals surface area contributed by atoms with Crippen molar-refractivity contribution in [3.63, 3.8) is 0 Å². The zero-order valence-electron chi connectivity index (χ0n) is 25.2. The molecule has 0 heterocycles. The van der Waals surface area contributed by atoms with Gasteiger partial charge in [-0.15, -0.1) is 13.2 Å². The number of rotatable bonds is 17. The molecule has 1 rings (SSSR count). The van der Waals surface area contributed by atoms with Gasteiger partial charge in [0.2, 0.25) is 0 Å². The smallest absolute Gasteiger partial charge is 0.0351 e. The maximum absolute atomic E-state index is 3.83. The Morgan fingerprint density at radius 2 is 1.28 bits per heavy atom.